The fourth-order valence-corrected chi connectivity index (χ4v) is 6.34. The van der Waals surface area contributed by atoms with Crippen molar-refractivity contribution in [2.24, 2.45) is 16.7 Å². The van der Waals surface area contributed by atoms with Gasteiger partial charge in [-0.1, -0.05) is 41.9 Å². The number of carbonyl (C=O) groups is 1. The molecule has 27 heavy (non-hydrogen) atoms. The molecule has 0 heterocycles. The van der Waals surface area contributed by atoms with Crippen molar-refractivity contribution in [3.05, 3.63) is 34.9 Å². The molecule has 0 aliphatic heterocycles. The molecular formula is C24H34O3. The molecule has 0 bridgehead atoms. The molecule has 3 heteroatoms. The maximum atomic E-state index is 11.8. The predicted octanol–water partition coefficient (Wildman–Crippen LogP) is 4.64. The Hall–Kier alpha value is -1.19. The van der Waals surface area contributed by atoms with Gasteiger partial charge in [0, 0.05) is 6.42 Å². The first-order chi connectivity index (χ1) is 12.8. The molecule has 4 rings (SSSR count). The van der Waals surface area contributed by atoms with Crippen LogP contribution in [0.1, 0.15) is 78.1 Å². The van der Waals surface area contributed by atoms with Crippen molar-refractivity contribution in [3.63, 3.8) is 0 Å². The van der Waals surface area contributed by atoms with Crippen molar-refractivity contribution in [2.45, 2.75) is 90.3 Å². The van der Waals surface area contributed by atoms with E-state index in [0.29, 0.717) is 31.0 Å². The minimum atomic E-state index is -0.406. The van der Waals surface area contributed by atoms with Gasteiger partial charge in [-0.05, 0) is 81.5 Å². The second kappa shape index (κ2) is 7.00. The minimum absolute atomic E-state index is 0.174. The number of aliphatic hydroxyl groups is 2. The first-order valence-corrected chi connectivity index (χ1v) is 10.8. The molecule has 0 aromatic rings. The molecule has 0 aromatic carbocycles. The molecule has 0 saturated heterocycles. The van der Waals surface area contributed by atoms with Gasteiger partial charge in [0.15, 0.2) is 0 Å². The molecule has 0 aromatic heterocycles. The fourth-order valence-electron chi connectivity index (χ4n) is 6.34. The number of rotatable bonds is 4. The van der Waals surface area contributed by atoms with Crippen LogP contribution in [0.15, 0.2) is 34.9 Å². The summed E-state index contributed by atoms with van der Waals surface area (Å²) in [6, 6.07) is 0. The van der Waals surface area contributed by atoms with E-state index in [0.717, 1.165) is 19.3 Å². The SMILES string of the molecule is CC(=O)CC1(C2=CCC3/C(=C/C=C4/CC(O)C[C@H](O)C4)CCC[C@]23C)CC1. The van der Waals surface area contributed by atoms with Crippen molar-refractivity contribution < 1.29 is 15.0 Å². The van der Waals surface area contributed by atoms with Crippen LogP contribution in [0.5, 0.6) is 0 Å². The zero-order valence-corrected chi connectivity index (χ0v) is 16.8. The van der Waals surface area contributed by atoms with Gasteiger partial charge < -0.3 is 10.2 Å². The molecule has 148 valence electrons. The molecule has 2 N–H and O–H groups in total. The summed E-state index contributed by atoms with van der Waals surface area (Å²) in [5.74, 6) is 0.882. The molecular weight excluding hydrogens is 336 g/mol. The molecule has 0 amide bonds. The van der Waals surface area contributed by atoms with E-state index in [2.05, 4.69) is 25.2 Å². The number of ketones is 1. The van der Waals surface area contributed by atoms with Crippen LogP contribution in [-0.2, 0) is 4.79 Å². The van der Waals surface area contributed by atoms with E-state index < -0.39 is 12.2 Å². The molecule has 0 spiro atoms. The lowest BCUT2D eigenvalue weighted by atomic mass is 9.61. The Kier molecular flexibility index (Phi) is 4.97. The molecule has 4 aliphatic carbocycles. The van der Waals surface area contributed by atoms with Crippen LogP contribution in [0.3, 0.4) is 0 Å². The number of Topliss-reactive ketones (excluding diaryl/α,β-unsaturated/α-hetero) is 1. The highest BCUT2D eigenvalue weighted by atomic mass is 16.3. The van der Waals surface area contributed by atoms with Crippen LogP contribution in [0.25, 0.3) is 0 Å². The first kappa shape index (κ1) is 19.1. The molecule has 2 unspecified atom stereocenters. The molecule has 0 radical (unpaired) electrons. The van der Waals surface area contributed by atoms with E-state index in [-0.39, 0.29) is 10.8 Å². The van der Waals surface area contributed by atoms with Gasteiger partial charge in [-0.3, -0.25) is 4.79 Å². The van der Waals surface area contributed by atoms with Gasteiger partial charge in [-0.2, -0.15) is 0 Å². The van der Waals surface area contributed by atoms with Crippen LogP contribution in [0, 0.1) is 16.7 Å². The Balaban J connectivity index is 1.54. The second-order valence-corrected chi connectivity index (χ2v) is 9.85. The third kappa shape index (κ3) is 3.61. The Morgan fingerprint density at radius 3 is 2.52 bits per heavy atom. The number of carbonyl (C=O) groups excluding carboxylic acids is 1. The smallest absolute Gasteiger partial charge is 0.130 e. The summed E-state index contributed by atoms with van der Waals surface area (Å²) < 4.78 is 0. The Bertz CT molecular complexity index is 697. The summed E-state index contributed by atoms with van der Waals surface area (Å²) >= 11 is 0. The fraction of sp³-hybridized carbons (Fsp3) is 0.708. The number of fused-ring (bicyclic) bond motifs is 1. The van der Waals surface area contributed by atoms with Crippen molar-refractivity contribution in [1.82, 2.24) is 0 Å². The summed E-state index contributed by atoms with van der Waals surface area (Å²) in [7, 11) is 0. The van der Waals surface area contributed by atoms with Crippen LogP contribution in [0.2, 0.25) is 0 Å². The van der Waals surface area contributed by atoms with Crippen molar-refractivity contribution >= 4 is 5.78 Å². The Morgan fingerprint density at radius 1 is 1.19 bits per heavy atom. The third-order valence-corrected chi connectivity index (χ3v) is 7.64. The van der Waals surface area contributed by atoms with Gasteiger partial charge in [-0.15, -0.1) is 0 Å². The summed E-state index contributed by atoms with van der Waals surface area (Å²) in [6.45, 7) is 4.17. The topological polar surface area (TPSA) is 57.5 Å². The van der Waals surface area contributed by atoms with Gasteiger partial charge in [-0.25, -0.2) is 0 Å². The summed E-state index contributed by atoms with van der Waals surface area (Å²) in [4.78, 5) is 11.8. The van der Waals surface area contributed by atoms with E-state index in [4.69, 9.17) is 0 Å². The van der Waals surface area contributed by atoms with Crippen molar-refractivity contribution in [2.75, 3.05) is 0 Å². The van der Waals surface area contributed by atoms with E-state index in [1.807, 2.05) is 0 Å². The van der Waals surface area contributed by atoms with Crippen LogP contribution < -0.4 is 0 Å². The zero-order valence-electron chi connectivity index (χ0n) is 16.8. The predicted molar refractivity (Wildman–Crippen MR) is 107 cm³/mol. The van der Waals surface area contributed by atoms with E-state index >= 15 is 0 Å². The van der Waals surface area contributed by atoms with E-state index in [1.165, 1.54) is 36.8 Å². The number of allylic oxidation sites excluding steroid dienone is 5. The second-order valence-electron chi connectivity index (χ2n) is 9.85. The van der Waals surface area contributed by atoms with E-state index in [9.17, 15) is 15.0 Å². The number of hydrogen-bond acceptors (Lipinski definition) is 3. The van der Waals surface area contributed by atoms with Gasteiger partial charge >= 0.3 is 0 Å². The quantitative estimate of drug-likeness (QED) is 0.709. The lowest BCUT2D eigenvalue weighted by Crippen LogP contribution is -2.34. The molecule has 3 nitrogen and oxygen atoms in total. The lowest BCUT2D eigenvalue weighted by Gasteiger charge is -2.43. The minimum Gasteiger partial charge on any atom is -0.393 e. The Morgan fingerprint density at radius 2 is 1.89 bits per heavy atom. The molecule has 4 aliphatic rings. The van der Waals surface area contributed by atoms with Crippen LogP contribution >= 0.6 is 0 Å². The number of aliphatic hydroxyl groups excluding tert-OH is 2. The largest absolute Gasteiger partial charge is 0.393 e. The monoisotopic (exact) mass is 370 g/mol. The average molecular weight is 371 g/mol. The van der Waals surface area contributed by atoms with Gasteiger partial charge in [0.2, 0.25) is 0 Å². The van der Waals surface area contributed by atoms with Gasteiger partial charge in [0.25, 0.3) is 0 Å². The maximum absolute atomic E-state index is 11.8. The molecule has 3 saturated carbocycles. The van der Waals surface area contributed by atoms with Crippen LogP contribution in [0.4, 0.5) is 0 Å². The first-order valence-electron chi connectivity index (χ1n) is 10.8. The number of hydrogen-bond donors (Lipinski definition) is 2. The van der Waals surface area contributed by atoms with Gasteiger partial charge in [0.1, 0.15) is 5.78 Å². The van der Waals surface area contributed by atoms with Crippen LogP contribution in [-0.4, -0.2) is 28.2 Å². The summed E-state index contributed by atoms with van der Waals surface area (Å²) in [6.07, 6.45) is 15.8. The van der Waals surface area contributed by atoms with Gasteiger partial charge in [0.05, 0.1) is 12.2 Å². The average Bonchev–Trinajstić information content (AvgIpc) is 3.23. The Labute approximate surface area is 163 Å². The molecule has 3 fully saturated rings. The molecule has 4 atom stereocenters. The zero-order chi connectivity index (χ0) is 19.2. The normalized spacial score (nSPS) is 40.7. The van der Waals surface area contributed by atoms with Crippen molar-refractivity contribution in [1.29, 1.82) is 0 Å². The summed E-state index contributed by atoms with van der Waals surface area (Å²) in [5.41, 5.74) is 4.66. The highest BCUT2D eigenvalue weighted by molar-refractivity contribution is 5.77. The maximum Gasteiger partial charge on any atom is 0.130 e. The van der Waals surface area contributed by atoms with Crippen molar-refractivity contribution in [3.8, 4) is 0 Å². The lowest BCUT2D eigenvalue weighted by molar-refractivity contribution is -0.118. The highest BCUT2D eigenvalue weighted by Gasteiger charge is 2.57. The van der Waals surface area contributed by atoms with E-state index in [1.54, 1.807) is 12.5 Å². The third-order valence-electron chi connectivity index (χ3n) is 7.64. The summed E-state index contributed by atoms with van der Waals surface area (Å²) in [5, 5.41) is 19.8. The standard InChI is InChI=1S/C24H34O3/c1-16(25)15-24(10-11-24)22-8-7-21-18(4-3-9-23(21,22)2)6-5-17-12-19(26)14-20(27)13-17/h5-6,8,19-21,26-27H,3-4,7,9-15H2,1-2H3/b17-5-,18-6+/t19?,20-,21?,23+/m1/s1. The highest BCUT2D eigenvalue weighted by Crippen LogP contribution is 2.67.